The molecule has 0 aromatic carbocycles. The molecule has 88 valence electrons. The van der Waals surface area contributed by atoms with Crippen molar-refractivity contribution >= 4 is 27.8 Å². The molecule has 0 aliphatic carbocycles. The summed E-state index contributed by atoms with van der Waals surface area (Å²) in [5.74, 6) is 0.0630. The van der Waals surface area contributed by atoms with Crippen LogP contribution >= 0.6 is 15.9 Å². The van der Waals surface area contributed by atoms with Crippen molar-refractivity contribution in [3.05, 3.63) is 16.9 Å². The van der Waals surface area contributed by atoms with Gasteiger partial charge in [0.15, 0.2) is 0 Å². The van der Waals surface area contributed by atoms with Crippen molar-refractivity contribution in [2.24, 2.45) is 0 Å². The van der Waals surface area contributed by atoms with Gasteiger partial charge in [0.05, 0.1) is 4.47 Å². The number of halogens is 1. The van der Waals surface area contributed by atoms with Gasteiger partial charge in [-0.2, -0.15) is 0 Å². The van der Waals surface area contributed by atoms with Crippen LogP contribution < -0.4 is 5.32 Å². The molecule has 0 aliphatic heterocycles. The number of carbonyl (C=O) groups is 1. The van der Waals surface area contributed by atoms with Gasteiger partial charge in [-0.1, -0.05) is 0 Å². The van der Waals surface area contributed by atoms with Crippen LogP contribution in [0.3, 0.4) is 0 Å². The zero-order valence-electron chi connectivity index (χ0n) is 9.45. The third-order valence-corrected chi connectivity index (χ3v) is 1.84. The maximum Gasteiger partial charge on any atom is 0.325 e. The Balaban J connectivity index is 2.40. The SMILES string of the molecule is CC(C)(C)OC(=O)CNc1ncc(Br)cn1. The van der Waals surface area contributed by atoms with Crippen molar-refractivity contribution < 1.29 is 9.53 Å². The van der Waals surface area contributed by atoms with E-state index < -0.39 is 5.60 Å². The van der Waals surface area contributed by atoms with Crippen molar-refractivity contribution in [1.82, 2.24) is 9.97 Å². The number of hydrogen-bond donors (Lipinski definition) is 1. The molecule has 0 atom stereocenters. The second kappa shape index (κ2) is 5.25. The molecular formula is C10H14BrN3O2. The van der Waals surface area contributed by atoms with Crippen LogP contribution in [0.2, 0.25) is 0 Å². The Morgan fingerprint density at radius 2 is 2.00 bits per heavy atom. The van der Waals surface area contributed by atoms with Gasteiger partial charge >= 0.3 is 5.97 Å². The third-order valence-electron chi connectivity index (χ3n) is 1.43. The maximum absolute atomic E-state index is 11.3. The normalized spacial score (nSPS) is 11.0. The summed E-state index contributed by atoms with van der Waals surface area (Å²) in [6, 6.07) is 0. The Kier molecular flexibility index (Phi) is 4.23. The average molecular weight is 288 g/mol. The highest BCUT2D eigenvalue weighted by atomic mass is 79.9. The molecule has 0 radical (unpaired) electrons. The van der Waals surface area contributed by atoms with Gasteiger partial charge in [0.1, 0.15) is 12.1 Å². The lowest BCUT2D eigenvalue weighted by molar-refractivity contribution is -0.152. The Labute approximate surface area is 103 Å². The monoisotopic (exact) mass is 287 g/mol. The Hall–Kier alpha value is -1.17. The van der Waals surface area contributed by atoms with E-state index in [0.717, 1.165) is 4.47 Å². The molecule has 0 unspecified atom stereocenters. The van der Waals surface area contributed by atoms with E-state index in [9.17, 15) is 4.79 Å². The number of nitrogens with one attached hydrogen (secondary N) is 1. The Morgan fingerprint density at radius 1 is 1.44 bits per heavy atom. The van der Waals surface area contributed by atoms with E-state index in [2.05, 4.69) is 31.2 Å². The first kappa shape index (κ1) is 12.9. The van der Waals surface area contributed by atoms with E-state index in [1.807, 2.05) is 20.8 Å². The summed E-state index contributed by atoms with van der Waals surface area (Å²) >= 11 is 3.22. The summed E-state index contributed by atoms with van der Waals surface area (Å²) in [5, 5.41) is 2.78. The zero-order chi connectivity index (χ0) is 12.2. The minimum atomic E-state index is -0.473. The summed E-state index contributed by atoms with van der Waals surface area (Å²) in [7, 11) is 0. The lowest BCUT2D eigenvalue weighted by Gasteiger charge is -2.19. The molecule has 0 saturated heterocycles. The van der Waals surface area contributed by atoms with Gasteiger partial charge in [-0.3, -0.25) is 4.79 Å². The van der Waals surface area contributed by atoms with Crippen molar-refractivity contribution in [2.45, 2.75) is 26.4 Å². The van der Waals surface area contributed by atoms with Crippen LogP contribution in [0.15, 0.2) is 16.9 Å². The molecule has 0 saturated carbocycles. The minimum absolute atomic E-state index is 0.0545. The lowest BCUT2D eigenvalue weighted by atomic mass is 10.2. The van der Waals surface area contributed by atoms with Gasteiger partial charge < -0.3 is 10.1 Å². The second-order valence-electron chi connectivity index (χ2n) is 4.16. The van der Waals surface area contributed by atoms with E-state index >= 15 is 0 Å². The Morgan fingerprint density at radius 3 is 2.50 bits per heavy atom. The second-order valence-corrected chi connectivity index (χ2v) is 5.08. The van der Waals surface area contributed by atoms with Gasteiger partial charge in [-0.25, -0.2) is 9.97 Å². The first-order chi connectivity index (χ1) is 7.37. The smallest absolute Gasteiger partial charge is 0.325 e. The fourth-order valence-electron chi connectivity index (χ4n) is 0.932. The molecule has 1 rings (SSSR count). The molecule has 0 spiro atoms. The van der Waals surface area contributed by atoms with Gasteiger partial charge in [0.25, 0.3) is 0 Å². The van der Waals surface area contributed by atoms with Crippen molar-refractivity contribution in [3.63, 3.8) is 0 Å². The predicted octanol–water partition coefficient (Wildman–Crippen LogP) is 1.99. The number of esters is 1. The first-order valence-corrected chi connectivity index (χ1v) is 5.59. The van der Waals surface area contributed by atoms with Crippen LogP contribution in [0.4, 0.5) is 5.95 Å². The summed E-state index contributed by atoms with van der Waals surface area (Å²) in [6.07, 6.45) is 3.20. The van der Waals surface area contributed by atoms with Gasteiger partial charge in [0, 0.05) is 12.4 Å². The van der Waals surface area contributed by atoms with E-state index in [0.29, 0.717) is 5.95 Å². The molecule has 6 heteroatoms. The van der Waals surface area contributed by atoms with Crippen molar-refractivity contribution in [3.8, 4) is 0 Å². The summed E-state index contributed by atoms with van der Waals surface area (Å²) < 4.78 is 5.90. The molecule has 1 heterocycles. The number of aromatic nitrogens is 2. The molecular weight excluding hydrogens is 274 g/mol. The molecule has 1 aromatic heterocycles. The summed E-state index contributed by atoms with van der Waals surface area (Å²) in [6.45, 7) is 5.52. The summed E-state index contributed by atoms with van der Waals surface area (Å²) in [4.78, 5) is 19.3. The van der Waals surface area contributed by atoms with Gasteiger partial charge in [0.2, 0.25) is 5.95 Å². The van der Waals surface area contributed by atoms with E-state index in [4.69, 9.17) is 4.74 Å². The molecule has 0 bridgehead atoms. The third kappa shape index (κ3) is 5.06. The molecule has 1 aromatic rings. The number of ether oxygens (including phenoxy) is 1. The fraction of sp³-hybridized carbons (Fsp3) is 0.500. The predicted molar refractivity (Wildman–Crippen MR) is 64.1 cm³/mol. The van der Waals surface area contributed by atoms with Crippen LogP contribution in [0.25, 0.3) is 0 Å². The van der Waals surface area contributed by atoms with Crippen molar-refractivity contribution in [2.75, 3.05) is 11.9 Å². The van der Waals surface area contributed by atoms with Crippen LogP contribution in [-0.2, 0) is 9.53 Å². The molecule has 1 N–H and O–H groups in total. The van der Waals surface area contributed by atoms with Crippen LogP contribution in [0.5, 0.6) is 0 Å². The molecule has 0 aliphatic rings. The minimum Gasteiger partial charge on any atom is -0.459 e. The highest BCUT2D eigenvalue weighted by Crippen LogP contribution is 2.08. The molecule has 0 fully saturated rings. The Bertz CT molecular complexity index is 359. The van der Waals surface area contributed by atoms with Gasteiger partial charge in [-0.05, 0) is 36.7 Å². The van der Waals surface area contributed by atoms with Crippen molar-refractivity contribution in [1.29, 1.82) is 0 Å². The first-order valence-electron chi connectivity index (χ1n) is 4.80. The highest BCUT2D eigenvalue weighted by Gasteiger charge is 2.15. The largest absolute Gasteiger partial charge is 0.459 e. The highest BCUT2D eigenvalue weighted by molar-refractivity contribution is 9.10. The number of anilines is 1. The van der Waals surface area contributed by atoms with Crippen LogP contribution in [0.1, 0.15) is 20.8 Å². The van der Waals surface area contributed by atoms with E-state index in [1.165, 1.54) is 0 Å². The maximum atomic E-state index is 11.3. The van der Waals surface area contributed by atoms with Crippen LogP contribution in [-0.4, -0.2) is 28.1 Å². The lowest BCUT2D eigenvalue weighted by Crippen LogP contribution is -2.28. The quantitative estimate of drug-likeness (QED) is 0.862. The van der Waals surface area contributed by atoms with E-state index in [1.54, 1.807) is 12.4 Å². The average Bonchev–Trinajstić information content (AvgIpc) is 2.14. The van der Waals surface area contributed by atoms with Gasteiger partial charge in [-0.15, -0.1) is 0 Å². The number of rotatable bonds is 3. The standard InChI is InChI=1S/C10H14BrN3O2/c1-10(2,3)16-8(15)6-14-9-12-4-7(11)5-13-9/h4-5H,6H2,1-3H3,(H,12,13,14). The molecule has 16 heavy (non-hydrogen) atoms. The fourth-order valence-corrected chi connectivity index (χ4v) is 1.14. The summed E-state index contributed by atoms with van der Waals surface area (Å²) in [5.41, 5.74) is -0.473. The number of hydrogen-bond acceptors (Lipinski definition) is 5. The van der Waals surface area contributed by atoms with Crippen LogP contribution in [0, 0.1) is 0 Å². The van der Waals surface area contributed by atoms with E-state index in [-0.39, 0.29) is 12.5 Å². The zero-order valence-corrected chi connectivity index (χ0v) is 11.0. The number of carbonyl (C=O) groups excluding carboxylic acids is 1. The molecule has 0 amide bonds. The number of nitrogens with zero attached hydrogens (tertiary/aromatic N) is 2. The molecule has 5 nitrogen and oxygen atoms in total. The topological polar surface area (TPSA) is 64.1 Å².